The van der Waals surface area contributed by atoms with Crippen molar-refractivity contribution in [1.82, 2.24) is 20.2 Å². The molecule has 122 valence electrons. The van der Waals surface area contributed by atoms with E-state index in [9.17, 15) is 0 Å². The molecule has 0 bridgehead atoms. The van der Waals surface area contributed by atoms with Crippen LogP contribution in [0.4, 0.5) is 0 Å². The molecule has 0 fully saturated rings. The van der Waals surface area contributed by atoms with E-state index in [-0.39, 0.29) is 6.79 Å². The Hall–Kier alpha value is -2.25. The third-order valence-corrected chi connectivity index (χ3v) is 5.04. The summed E-state index contributed by atoms with van der Waals surface area (Å²) in [6.07, 6.45) is 0. The molecule has 4 rings (SSSR count). The number of hydrogen-bond donors (Lipinski definition) is 0. The van der Waals surface area contributed by atoms with E-state index in [0.29, 0.717) is 10.2 Å². The summed E-state index contributed by atoms with van der Waals surface area (Å²) >= 11 is 7.74. The van der Waals surface area contributed by atoms with Gasteiger partial charge in [0.1, 0.15) is 0 Å². The van der Waals surface area contributed by atoms with E-state index >= 15 is 0 Å². The van der Waals surface area contributed by atoms with Crippen LogP contribution in [0.15, 0.2) is 41.6 Å². The molecule has 2 heterocycles. The van der Waals surface area contributed by atoms with Crippen molar-refractivity contribution in [1.29, 1.82) is 0 Å². The van der Waals surface area contributed by atoms with Crippen molar-refractivity contribution in [2.45, 2.75) is 17.8 Å². The molecular weight excluding hydrogens is 348 g/mol. The van der Waals surface area contributed by atoms with Crippen LogP contribution >= 0.6 is 23.4 Å². The van der Waals surface area contributed by atoms with E-state index in [1.165, 1.54) is 0 Å². The van der Waals surface area contributed by atoms with Crippen LogP contribution < -0.4 is 9.47 Å². The highest BCUT2D eigenvalue weighted by molar-refractivity contribution is 7.98. The standard InChI is InChI=1S/C16H13ClN4O2S/c1-10-2-4-12(7-13(10)17)21-16(18-19-20-21)24-8-11-3-5-14-15(6-11)23-9-22-14/h2-7H,8-9H2,1H3. The smallest absolute Gasteiger partial charge is 0.231 e. The van der Waals surface area contributed by atoms with Crippen LogP contribution in [0.2, 0.25) is 5.02 Å². The van der Waals surface area contributed by atoms with Crippen molar-refractivity contribution in [3.8, 4) is 17.2 Å². The SMILES string of the molecule is Cc1ccc(-n2nnnc2SCc2ccc3c(c2)OCO3)cc1Cl. The third kappa shape index (κ3) is 2.92. The Morgan fingerprint density at radius 3 is 2.92 bits per heavy atom. The molecule has 0 saturated heterocycles. The second-order valence-corrected chi connectivity index (χ2v) is 6.63. The van der Waals surface area contributed by atoms with Gasteiger partial charge in [-0.15, -0.1) is 5.10 Å². The van der Waals surface area contributed by atoms with Gasteiger partial charge < -0.3 is 9.47 Å². The van der Waals surface area contributed by atoms with Gasteiger partial charge >= 0.3 is 0 Å². The second-order valence-electron chi connectivity index (χ2n) is 5.28. The first-order valence-corrected chi connectivity index (χ1v) is 8.63. The van der Waals surface area contributed by atoms with Crippen LogP contribution in [0.3, 0.4) is 0 Å². The van der Waals surface area contributed by atoms with Crippen molar-refractivity contribution >= 4 is 23.4 Å². The lowest BCUT2D eigenvalue weighted by molar-refractivity contribution is 0.174. The van der Waals surface area contributed by atoms with Crippen molar-refractivity contribution in [3.63, 3.8) is 0 Å². The number of aryl methyl sites for hydroxylation is 1. The molecule has 0 N–H and O–H groups in total. The number of benzene rings is 2. The van der Waals surface area contributed by atoms with Crippen LogP contribution in [0.5, 0.6) is 11.5 Å². The Morgan fingerprint density at radius 2 is 2.04 bits per heavy atom. The van der Waals surface area contributed by atoms with Crippen LogP contribution in [0.1, 0.15) is 11.1 Å². The highest BCUT2D eigenvalue weighted by Gasteiger charge is 2.15. The molecule has 6 nitrogen and oxygen atoms in total. The van der Waals surface area contributed by atoms with E-state index in [1.54, 1.807) is 16.4 Å². The molecule has 3 aromatic rings. The Morgan fingerprint density at radius 1 is 1.17 bits per heavy atom. The molecule has 1 aliphatic rings. The zero-order valence-corrected chi connectivity index (χ0v) is 14.3. The lowest BCUT2D eigenvalue weighted by Gasteiger charge is -2.06. The number of halogens is 1. The molecule has 0 spiro atoms. The van der Waals surface area contributed by atoms with Crippen molar-refractivity contribution < 1.29 is 9.47 Å². The zero-order chi connectivity index (χ0) is 16.5. The number of ether oxygens (including phenoxy) is 2. The Balaban J connectivity index is 1.54. The first-order chi connectivity index (χ1) is 11.7. The average molecular weight is 361 g/mol. The molecule has 0 saturated carbocycles. The van der Waals surface area contributed by atoms with Gasteiger partial charge in [-0.25, -0.2) is 0 Å². The maximum atomic E-state index is 6.20. The van der Waals surface area contributed by atoms with Gasteiger partial charge in [0.2, 0.25) is 11.9 Å². The molecule has 1 aliphatic heterocycles. The number of nitrogens with zero attached hydrogens (tertiary/aromatic N) is 4. The summed E-state index contributed by atoms with van der Waals surface area (Å²) in [7, 11) is 0. The van der Waals surface area contributed by atoms with Gasteiger partial charge in [-0.3, -0.25) is 0 Å². The van der Waals surface area contributed by atoms with E-state index in [2.05, 4.69) is 15.5 Å². The van der Waals surface area contributed by atoms with Gasteiger partial charge in [0.25, 0.3) is 0 Å². The second kappa shape index (κ2) is 6.33. The van der Waals surface area contributed by atoms with Gasteiger partial charge in [-0.05, 0) is 52.7 Å². The highest BCUT2D eigenvalue weighted by Crippen LogP contribution is 2.34. The van der Waals surface area contributed by atoms with Crippen LogP contribution in [-0.2, 0) is 5.75 Å². The van der Waals surface area contributed by atoms with Gasteiger partial charge in [-0.1, -0.05) is 35.5 Å². The number of thioether (sulfide) groups is 1. The molecule has 8 heteroatoms. The van der Waals surface area contributed by atoms with E-state index < -0.39 is 0 Å². The summed E-state index contributed by atoms with van der Waals surface area (Å²) < 4.78 is 12.4. The molecule has 1 aromatic heterocycles. The summed E-state index contributed by atoms with van der Waals surface area (Å²) in [6, 6.07) is 11.7. The summed E-state index contributed by atoms with van der Waals surface area (Å²) in [5.41, 5.74) is 2.97. The van der Waals surface area contributed by atoms with Gasteiger partial charge in [0, 0.05) is 10.8 Å². The zero-order valence-electron chi connectivity index (χ0n) is 12.8. The maximum Gasteiger partial charge on any atom is 0.231 e. The lowest BCUT2D eigenvalue weighted by atomic mass is 10.2. The van der Waals surface area contributed by atoms with Crippen molar-refractivity contribution in [2.75, 3.05) is 6.79 Å². The first-order valence-electron chi connectivity index (χ1n) is 7.27. The van der Waals surface area contributed by atoms with Gasteiger partial charge in [-0.2, -0.15) is 4.68 Å². The van der Waals surface area contributed by atoms with E-state index in [0.717, 1.165) is 34.1 Å². The molecule has 0 atom stereocenters. The Bertz CT molecular complexity index is 900. The predicted molar refractivity (Wildman–Crippen MR) is 91.0 cm³/mol. The normalized spacial score (nSPS) is 12.6. The topological polar surface area (TPSA) is 62.1 Å². The quantitative estimate of drug-likeness (QED) is 0.662. The first kappa shape index (κ1) is 15.3. The molecule has 0 amide bonds. The molecule has 24 heavy (non-hydrogen) atoms. The maximum absolute atomic E-state index is 6.20. The Kier molecular flexibility index (Phi) is 4.03. The minimum Gasteiger partial charge on any atom is -0.454 e. The van der Waals surface area contributed by atoms with E-state index in [1.807, 2.05) is 43.3 Å². The fraction of sp³-hybridized carbons (Fsp3) is 0.188. The van der Waals surface area contributed by atoms with Crippen LogP contribution in [0.25, 0.3) is 5.69 Å². The average Bonchev–Trinajstić information content (AvgIpc) is 3.23. The summed E-state index contributed by atoms with van der Waals surface area (Å²) in [6.45, 7) is 2.24. The van der Waals surface area contributed by atoms with Crippen molar-refractivity contribution in [2.24, 2.45) is 0 Å². The number of hydrogen-bond acceptors (Lipinski definition) is 6. The third-order valence-electron chi connectivity index (χ3n) is 3.65. The van der Waals surface area contributed by atoms with Gasteiger partial charge in [0.15, 0.2) is 11.5 Å². The number of rotatable bonds is 4. The fourth-order valence-electron chi connectivity index (χ4n) is 2.32. The number of fused-ring (bicyclic) bond motifs is 1. The minimum atomic E-state index is 0.276. The summed E-state index contributed by atoms with van der Waals surface area (Å²) in [5, 5.41) is 13.3. The van der Waals surface area contributed by atoms with Crippen LogP contribution in [-0.4, -0.2) is 27.0 Å². The monoisotopic (exact) mass is 360 g/mol. The summed E-state index contributed by atoms with van der Waals surface area (Å²) in [5.74, 6) is 2.28. The van der Waals surface area contributed by atoms with E-state index in [4.69, 9.17) is 21.1 Å². The molecule has 0 radical (unpaired) electrons. The number of tetrazole rings is 1. The molecule has 0 aliphatic carbocycles. The van der Waals surface area contributed by atoms with Crippen molar-refractivity contribution in [3.05, 3.63) is 52.5 Å². The largest absolute Gasteiger partial charge is 0.454 e. The highest BCUT2D eigenvalue weighted by atomic mass is 35.5. The van der Waals surface area contributed by atoms with Crippen LogP contribution in [0, 0.1) is 6.92 Å². The Labute approximate surface area is 147 Å². The molecular formula is C16H13ClN4O2S. The minimum absolute atomic E-state index is 0.276. The predicted octanol–water partition coefficient (Wildman–Crippen LogP) is 3.65. The number of aromatic nitrogens is 4. The van der Waals surface area contributed by atoms with Gasteiger partial charge in [0.05, 0.1) is 5.69 Å². The fourth-order valence-corrected chi connectivity index (χ4v) is 3.33. The lowest BCUT2D eigenvalue weighted by Crippen LogP contribution is -1.99. The summed E-state index contributed by atoms with van der Waals surface area (Å²) in [4.78, 5) is 0. The molecule has 2 aromatic carbocycles. The molecule has 0 unspecified atom stereocenters.